The standard InChI is InChI=1S/C27H25NO4/c1-16-9-8-12-20(14-16)28-23(19-10-6-5-7-11-19)22(25(30)27(28)31)24(29)21-15-17(2)13-18(3)26(21)32-4/h5-15,23,29H,1-4H3/b24-22+. The molecule has 1 amide bonds. The van der Waals surface area contributed by atoms with Gasteiger partial charge in [0.2, 0.25) is 0 Å². The van der Waals surface area contributed by atoms with Gasteiger partial charge in [-0.2, -0.15) is 0 Å². The van der Waals surface area contributed by atoms with Crippen LogP contribution >= 0.6 is 0 Å². The fourth-order valence-electron chi connectivity index (χ4n) is 4.37. The largest absolute Gasteiger partial charge is 0.507 e. The highest BCUT2D eigenvalue weighted by molar-refractivity contribution is 6.51. The first kappa shape index (κ1) is 21.4. The molecule has 1 saturated heterocycles. The number of aryl methyl sites for hydroxylation is 3. The van der Waals surface area contributed by atoms with Crippen LogP contribution in [0.5, 0.6) is 5.75 Å². The van der Waals surface area contributed by atoms with E-state index >= 15 is 0 Å². The fourth-order valence-corrected chi connectivity index (χ4v) is 4.37. The summed E-state index contributed by atoms with van der Waals surface area (Å²) in [5.74, 6) is -1.16. The number of rotatable bonds is 4. The molecule has 5 heteroatoms. The molecular weight excluding hydrogens is 402 g/mol. The first-order chi connectivity index (χ1) is 15.3. The fraction of sp³-hybridized carbons (Fsp3) is 0.185. The van der Waals surface area contributed by atoms with E-state index in [1.54, 1.807) is 12.1 Å². The zero-order valence-corrected chi connectivity index (χ0v) is 18.5. The van der Waals surface area contributed by atoms with E-state index in [-0.39, 0.29) is 11.3 Å². The van der Waals surface area contributed by atoms with Crippen LogP contribution in [-0.4, -0.2) is 23.9 Å². The SMILES string of the molecule is COc1c(C)cc(C)cc1/C(O)=C1\C(=O)C(=O)N(c2cccc(C)c2)C1c1ccccc1. The molecular formula is C27H25NO4. The van der Waals surface area contributed by atoms with Gasteiger partial charge in [0.05, 0.1) is 24.3 Å². The number of aliphatic hydroxyl groups excluding tert-OH is 1. The van der Waals surface area contributed by atoms with Crippen LogP contribution in [0.1, 0.15) is 33.9 Å². The number of aliphatic hydroxyl groups is 1. The van der Waals surface area contributed by atoms with Crippen molar-refractivity contribution in [2.24, 2.45) is 0 Å². The second-order valence-corrected chi connectivity index (χ2v) is 8.08. The Labute approximate surface area is 187 Å². The van der Waals surface area contributed by atoms with Crippen LogP contribution in [0.15, 0.2) is 72.3 Å². The second kappa shape index (κ2) is 8.35. The van der Waals surface area contributed by atoms with E-state index in [1.807, 2.05) is 75.4 Å². The van der Waals surface area contributed by atoms with E-state index in [0.29, 0.717) is 17.0 Å². The zero-order chi connectivity index (χ0) is 23.0. The summed E-state index contributed by atoms with van der Waals surface area (Å²) >= 11 is 0. The molecule has 1 atom stereocenters. The maximum absolute atomic E-state index is 13.3. The normalized spacial score (nSPS) is 17.6. The summed E-state index contributed by atoms with van der Waals surface area (Å²) in [6, 6.07) is 19.7. The van der Waals surface area contributed by atoms with Gasteiger partial charge >= 0.3 is 0 Å². The average molecular weight is 428 g/mol. The molecule has 1 N–H and O–H groups in total. The number of ether oxygens (including phenoxy) is 1. The van der Waals surface area contributed by atoms with Gasteiger partial charge in [-0.3, -0.25) is 14.5 Å². The lowest BCUT2D eigenvalue weighted by molar-refractivity contribution is -0.132. The summed E-state index contributed by atoms with van der Waals surface area (Å²) in [5, 5.41) is 11.4. The van der Waals surface area contributed by atoms with Crippen molar-refractivity contribution in [3.05, 3.63) is 100 Å². The molecule has 32 heavy (non-hydrogen) atoms. The second-order valence-electron chi connectivity index (χ2n) is 8.08. The third-order valence-corrected chi connectivity index (χ3v) is 5.72. The Morgan fingerprint density at radius 2 is 1.62 bits per heavy atom. The van der Waals surface area contributed by atoms with Gasteiger partial charge in [-0.05, 0) is 61.2 Å². The quantitative estimate of drug-likeness (QED) is 0.351. The number of methoxy groups -OCH3 is 1. The van der Waals surface area contributed by atoms with E-state index in [4.69, 9.17) is 4.74 Å². The molecule has 3 aromatic carbocycles. The van der Waals surface area contributed by atoms with Gasteiger partial charge in [0.25, 0.3) is 11.7 Å². The highest BCUT2D eigenvalue weighted by atomic mass is 16.5. The maximum Gasteiger partial charge on any atom is 0.300 e. The van der Waals surface area contributed by atoms with Gasteiger partial charge in [-0.1, -0.05) is 48.5 Å². The number of anilines is 1. The Morgan fingerprint density at radius 1 is 0.906 bits per heavy atom. The highest BCUT2D eigenvalue weighted by Gasteiger charge is 2.47. The Morgan fingerprint density at radius 3 is 2.28 bits per heavy atom. The minimum atomic E-state index is -0.761. The monoisotopic (exact) mass is 427 g/mol. The predicted octanol–water partition coefficient (Wildman–Crippen LogP) is 5.25. The first-order valence-corrected chi connectivity index (χ1v) is 10.4. The number of amides is 1. The highest BCUT2D eigenvalue weighted by Crippen LogP contribution is 2.43. The Bertz CT molecular complexity index is 1240. The summed E-state index contributed by atoms with van der Waals surface area (Å²) < 4.78 is 5.54. The van der Waals surface area contributed by atoms with E-state index in [0.717, 1.165) is 22.3 Å². The molecule has 4 rings (SSSR count). The zero-order valence-electron chi connectivity index (χ0n) is 18.5. The van der Waals surface area contributed by atoms with Crippen molar-refractivity contribution in [3.8, 4) is 5.75 Å². The van der Waals surface area contributed by atoms with Gasteiger partial charge in [0, 0.05) is 5.69 Å². The number of ketones is 1. The van der Waals surface area contributed by atoms with E-state index < -0.39 is 17.7 Å². The number of hydrogen-bond donors (Lipinski definition) is 1. The van der Waals surface area contributed by atoms with Gasteiger partial charge < -0.3 is 9.84 Å². The molecule has 0 radical (unpaired) electrons. The number of carbonyl (C=O) groups is 2. The van der Waals surface area contributed by atoms with Crippen LogP contribution in [0.25, 0.3) is 5.76 Å². The molecule has 0 saturated carbocycles. The van der Waals surface area contributed by atoms with Crippen LogP contribution in [0.2, 0.25) is 0 Å². The van der Waals surface area contributed by atoms with E-state index in [9.17, 15) is 14.7 Å². The van der Waals surface area contributed by atoms with Crippen LogP contribution in [-0.2, 0) is 9.59 Å². The molecule has 1 fully saturated rings. The third-order valence-electron chi connectivity index (χ3n) is 5.72. The summed E-state index contributed by atoms with van der Waals surface area (Å²) in [6.45, 7) is 5.71. The smallest absolute Gasteiger partial charge is 0.300 e. The van der Waals surface area contributed by atoms with Crippen molar-refractivity contribution < 1.29 is 19.4 Å². The van der Waals surface area contributed by atoms with Gasteiger partial charge in [0.1, 0.15) is 11.5 Å². The number of Topliss-reactive ketones (excluding diaryl/α,β-unsaturated/α-hetero) is 1. The number of hydrogen-bond acceptors (Lipinski definition) is 4. The summed E-state index contributed by atoms with van der Waals surface area (Å²) in [4.78, 5) is 28.0. The third kappa shape index (κ3) is 3.56. The predicted molar refractivity (Wildman–Crippen MR) is 125 cm³/mol. The summed E-state index contributed by atoms with van der Waals surface area (Å²) in [7, 11) is 1.52. The summed E-state index contributed by atoms with van der Waals surface area (Å²) in [6.07, 6.45) is 0. The first-order valence-electron chi connectivity index (χ1n) is 10.4. The van der Waals surface area contributed by atoms with Crippen LogP contribution < -0.4 is 9.64 Å². The molecule has 3 aromatic rings. The topological polar surface area (TPSA) is 66.8 Å². The Balaban J connectivity index is 2.01. The lowest BCUT2D eigenvalue weighted by atomic mass is 9.93. The molecule has 5 nitrogen and oxygen atoms in total. The minimum absolute atomic E-state index is 0.0472. The van der Waals surface area contributed by atoms with Crippen LogP contribution in [0.4, 0.5) is 5.69 Å². The molecule has 0 bridgehead atoms. The van der Waals surface area contributed by atoms with Crippen molar-refractivity contribution in [2.75, 3.05) is 12.0 Å². The van der Waals surface area contributed by atoms with Crippen molar-refractivity contribution in [3.63, 3.8) is 0 Å². The molecule has 162 valence electrons. The van der Waals surface area contributed by atoms with Crippen molar-refractivity contribution in [1.29, 1.82) is 0 Å². The van der Waals surface area contributed by atoms with E-state index in [1.165, 1.54) is 12.0 Å². The van der Waals surface area contributed by atoms with Crippen molar-refractivity contribution in [2.45, 2.75) is 26.8 Å². The lowest BCUT2D eigenvalue weighted by Crippen LogP contribution is -2.29. The average Bonchev–Trinajstić information content (AvgIpc) is 3.04. The molecule has 1 heterocycles. The molecule has 0 aromatic heterocycles. The van der Waals surface area contributed by atoms with E-state index in [2.05, 4.69) is 0 Å². The number of benzene rings is 3. The molecule has 1 aliphatic heterocycles. The van der Waals surface area contributed by atoms with Crippen LogP contribution in [0.3, 0.4) is 0 Å². The van der Waals surface area contributed by atoms with Crippen molar-refractivity contribution >= 4 is 23.1 Å². The lowest BCUT2D eigenvalue weighted by Gasteiger charge is -2.26. The van der Waals surface area contributed by atoms with Gasteiger partial charge in [-0.15, -0.1) is 0 Å². The van der Waals surface area contributed by atoms with Gasteiger partial charge in [-0.25, -0.2) is 0 Å². The Hall–Kier alpha value is -3.86. The number of carbonyl (C=O) groups excluding carboxylic acids is 2. The maximum atomic E-state index is 13.3. The van der Waals surface area contributed by atoms with Crippen molar-refractivity contribution in [1.82, 2.24) is 0 Å². The molecule has 1 unspecified atom stereocenters. The molecule has 0 spiro atoms. The van der Waals surface area contributed by atoms with Gasteiger partial charge in [0.15, 0.2) is 0 Å². The molecule has 1 aliphatic rings. The Kier molecular flexibility index (Phi) is 5.57. The summed E-state index contributed by atoms with van der Waals surface area (Å²) in [5.41, 5.74) is 4.49. The molecule has 0 aliphatic carbocycles. The number of nitrogens with zero attached hydrogens (tertiary/aromatic N) is 1. The van der Waals surface area contributed by atoms with Crippen LogP contribution in [0, 0.1) is 20.8 Å². The minimum Gasteiger partial charge on any atom is -0.507 e.